The van der Waals surface area contributed by atoms with Gasteiger partial charge in [0.25, 0.3) is 5.56 Å². The van der Waals surface area contributed by atoms with Gasteiger partial charge in [0.05, 0.1) is 16.2 Å². The second-order valence-corrected chi connectivity index (χ2v) is 6.94. The van der Waals surface area contributed by atoms with Crippen molar-refractivity contribution in [2.24, 2.45) is 0 Å². The van der Waals surface area contributed by atoms with Gasteiger partial charge in [-0.25, -0.2) is 33.3 Å². The maximum Gasteiger partial charge on any atom is 0.428 e. The van der Waals surface area contributed by atoms with Crippen LogP contribution in [0.1, 0.15) is 0 Å². The largest absolute Gasteiger partial charge is 0.428 e. The van der Waals surface area contributed by atoms with Crippen molar-refractivity contribution in [1.82, 2.24) is 29.1 Å². The van der Waals surface area contributed by atoms with Crippen LogP contribution in [0.4, 0.5) is 15.0 Å². The molecule has 0 radical (unpaired) electrons. The number of aromatic nitrogens is 6. The Balaban J connectivity index is 1.72. The third kappa shape index (κ3) is 3.03. The van der Waals surface area contributed by atoms with Gasteiger partial charge in [0.1, 0.15) is 23.9 Å². The standard InChI is InChI=1S/C20H11ClFN7O3/c21-10-4-1-2-7-13(10)29-18(30)14-11(22)5-3-6-12(14)27-19(29)32-20(31)28-9-26-15-16(23)24-8-25-17(15)28/h1-9H,(H2,23,24,25). The molecule has 0 aliphatic carbocycles. The highest BCUT2D eigenvalue weighted by Gasteiger charge is 2.22. The number of nitrogens with zero attached hydrogens (tertiary/aromatic N) is 6. The first-order valence-corrected chi connectivity index (χ1v) is 9.45. The smallest absolute Gasteiger partial charge is 0.382 e. The molecule has 0 unspecified atom stereocenters. The van der Waals surface area contributed by atoms with Gasteiger partial charge < -0.3 is 10.5 Å². The number of carbonyl (C=O) groups is 1. The van der Waals surface area contributed by atoms with Gasteiger partial charge in [0, 0.05) is 0 Å². The van der Waals surface area contributed by atoms with Crippen molar-refractivity contribution in [2.45, 2.75) is 0 Å². The van der Waals surface area contributed by atoms with Crippen LogP contribution in [-0.2, 0) is 0 Å². The van der Waals surface area contributed by atoms with Crippen molar-refractivity contribution in [3.05, 3.63) is 76.3 Å². The van der Waals surface area contributed by atoms with Crippen LogP contribution in [0.3, 0.4) is 0 Å². The fourth-order valence-electron chi connectivity index (χ4n) is 3.20. The van der Waals surface area contributed by atoms with E-state index in [1.807, 2.05) is 0 Å². The molecule has 0 saturated carbocycles. The minimum absolute atomic E-state index is 0.00293. The van der Waals surface area contributed by atoms with E-state index >= 15 is 0 Å². The molecular weight excluding hydrogens is 441 g/mol. The second-order valence-electron chi connectivity index (χ2n) is 6.53. The first-order valence-electron chi connectivity index (χ1n) is 9.07. The average molecular weight is 452 g/mol. The quantitative estimate of drug-likeness (QED) is 0.433. The molecule has 10 nitrogen and oxygen atoms in total. The Morgan fingerprint density at radius 2 is 1.91 bits per heavy atom. The summed E-state index contributed by atoms with van der Waals surface area (Å²) in [4.78, 5) is 42.1. The molecule has 0 spiro atoms. The first-order chi connectivity index (χ1) is 15.5. The summed E-state index contributed by atoms with van der Waals surface area (Å²) in [7, 11) is 0. The van der Waals surface area contributed by atoms with Crippen LogP contribution in [0.2, 0.25) is 5.02 Å². The van der Waals surface area contributed by atoms with E-state index in [0.717, 1.165) is 21.5 Å². The van der Waals surface area contributed by atoms with Gasteiger partial charge in [-0.15, -0.1) is 0 Å². The van der Waals surface area contributed by atoms with Gasteiger partial charge in [-0.05, 0) is 24.3 Å². The Morgan fingerprint density at radius 3 is 2.72 bits per heavy atom. The summed E-state index contributed by atoms with van der Waals surface area (Å²) in [5.74, 6) is -0.694. The summed E-state index contributed by atoms with van der Waals surface area (Å²) in [6.07, 6.45) is 1.34. The highest BCUT2D eigenvalue weighted by Crippen LogP contribution is 2.25. The SMILES string of the molecule is Nc1ncnc2c1ncn2C(=O)Oc1nc2cccc(F)c2c(=O)n1-c1ccccc1Cl. The van der Waals surface area contributed by atoms with E-state index in [2.05, 4.69) is 19.9 Å². The number of hydrogen-bond acceptors (Lipinski definition) is 8. The van der Waals surface area contributed by atoms with Crippen LogP contribution in [0.5, 0.6) is 6.01 Å². The van der Waals surface area contributed by atoms with E-state index in [-0.39, 0.29) is 38.6 Å². The Hall–Kier alpha value is -4.38. The van der Waals surface area contributed by atoms with E-state index in [9.17, 15) is 14.0 Å². The van der Waals surface area contributed by atoms with Crippen LogP contribution in [0.15, 0.2) is 59.9 Å². The molecule has 5 aromatic rings. The van der Waals surface area contributed by atoms with Crippen LogP contribution < -0.4 is 16.0 Å². The van der Waals surface area contributed by atoms with Crippen molar-refractivity contribution in [1.29, 1.82) is 0 Å². The van der Waals surface area contributed by atoms with Gasteiger partial charge in [-0.1, -0.05) is 29.8 Å². The van der Waals surface area contributed by atoms with Gasteiger partial charge in [0.15, 0.2) is 17.0 Å². The van der Waals surface area contributed by atoms with Gasteiger partial charge in [0.2, 0.25) is 0 Å². The van der Waals surface area contributed by atoms with Crippen LogP contribution in [-0.4, -0.2) is 35.2 Å². The highest BCUT2D eigenvalue weighted by atomic mass is 35.5. The Morgan fingerprint density at radius 1 is 1.09 bits per heavy atom. The zero-order valence-electron chi connectivity index (χ0n) is 15.9. The number of nitrogens with two attached hydrogens (primary N) is 1. The predicted molar refractivity (Wildman–Crippen MR) is 113 cm³/mol. The monoisotopic (exact) mass is 451 g/mol. The van der Waals surface area contributed by atoms with Crippen LogP contribution >= 0.6 is 11.6 Å². The normalized spacial score (nSPS) is 11.2. The summed E-state index contributed by atoms with van der Waals surface area (Å²) in [5.41, 5.74) is 5.40. The van der Waals surface area contributed by atoms with E-state index < -0.39 is 23.5 Å². The molecule has 0 aliphatic heterocycles. The minimum Gasteiger partial charge on any atom is -0.382 e. The number of para-hydroxylation sites is 1. The molecule has 3 heterocycles. The summed E-state index contributed by atoms with van der Waals surface area (Å²) in [6.45, 7) is 0. The number of ether oxygens (including phenoxy) is 1. The van der Waals surface area contributed by atoms with Crippen molar-refractivity contribution >= 4 is 45.6 Å². The van der Waals surface area contributed by atoms with E-state index in [0.29, 0.717) is 0 Å². The van der Waals surface area contributed by atoms with Crippen molar-refractivity contribution < 1.29 is 13.9 Å². The molecule has 3 aromatic heterocycles. The van der Waals surface area contributed by atoms with E-state index in [1.54, 1.807) is 12.1 Å². The number of rotatable bonds is 2. The summed E-state index contributed by atoms with van der Waals surface area (Å²) < 4.78 is 21.8. The van der Waals surface area contributed by atoms with Crippen molar-refractivity contribution in [3.8, 4) is 11.7 Å². The Kier molecular flexibility index (Phi) is 4.52. The van der Waals surface area contributed by atoms with E-state index in [1.165, 1.54) is 30.6 Å². The molecule has 0 atom stereocenters. The molecule has 32 heavy (non-hydrogen) atoms. The number of benzene rings is 2. The highest BCUT2D eigenvalue weighted by molar-refractivity contribution is 6.32. The fourth-order valence-corrected chi connectivity index (χ4v) is 3.42. The third-order valence-electron chi connectivity index (χ3n) is 4.65. The van der Waals surface area contributed by atoms with Crippen molar-refractivity contribution in [2.75, 3.05) is 5.73 Å². The van der Waals surface area contributed by atoms with Gasteiger partial charge >= 0.3 is 12.1 Å². The molecule has 0 bridgehead atoms. The molecular formula is C20H11ClFN7O3. The molecule has 158 valence electrons. The Bertz CT molecular complexity index is 1600. The minimum atomic E-state index is -0.978. The lowest BCUT2D eigenvalue weighted by Gasteiger charge is -2.14. The summed E-state index contributed by atoms with van der Waals surface area (Å²) in [6, 6.07) is 9.84. The molecule has 2 aromatic carbocycles. The van der Waals surface area contributed by atoms with Crippen LogP contribution in [0.25, 0.3) is 27.8 Å². The number of carbonyl (C=O) groups excluding carboxylic acids is 1. The van der Waals surface area contributed by atoms with Crippen LogP contribution in [0, 0.1) is 5.82 Å². The first kappa shape index (κ1) is 19.6. The number of hydrogen-bond donors (Lipinski definition) is 1. The molecule has 0 saturated heterocycles. The van der Waals surface area contributed by atoms with Crippen molar-refractivity contribution in [3.63, 3.8) is 0 Å². The molecule has 0 aliphatic rings. The predicted octanol–water partition coefficient (Wildman–Crippen LogP) is 2.95. The number of imidazole rings is 1. The molecule has 0 fully saturated rings. The zero-order valence-corrected chi connectivity index (χ0v) is 16.7. The fraction of sp³-hybridized carbons (Fsp3) is 0. The number of fused-ring (bicyclic) bond motifs is 2. The zero-order chi connectivity index (χ0) is 22.4. The summed E-state index contributed by atoms with van der Waals surface area (Å²) in [5, 5.41) is -0.112. The lowest BCUT2D eigenvalue weighted by atomic mass is 10.2. The van der Waals surface area contributed by atoms with Gasteiger partial charge in [-0.3, -0.25) is 4.79 Å². The lowest BCUT2D eigenvalue weighted by Crippen LogP contribution is -2.26. The molecule has 2 N–H and O–H groups in total. The molecule has 12 heteroatoms. The number of nitrogen functional groups attached to an aromatic ring is 1. The number of anilines is 1. The second kappa shape index (κ2) is 7.39. The van der Waals surface area contributed by atoms with E-state index in [4.69, 9.17) is 22.1 Å². The number of halogens is 2. The summed E-state index contributed by atoms with van der Waals surface area (Å²) >= 11 is 6.26. The molecule has 5 rings (SSSR count). The average Bonchev–Trinajstić information content (AvgIpc) is 3.20. The topological polar surface area (TPSA) is 131 Å². The maximum atomic E-state index is 14.4. The Labute approximate surface area is 182 Å². The maximum absolute atomic E-state index is 14.4. The molecule has 0 amide bonds. The third-order valence-corrected chi connectivity index (χ3v) is 4.97. The van der Waals surface area contributed by atoms with Gasteiger partial charge in [-0.2, -0.15) is 4.98 Å². The lowest BCUT2D eigenvalue weighted by molar-refractivity contribution is 0.197.